The summed E-state index contributed by atoms with van der Waals surface area (Å²) >= 11 is 0. The van der Waals surface area contributed by atoms with Gasteiger partial charge in [0.25, 0.3) is 0 Å². The number of aromatic nitrogens is 2. The highest BCUT2D eigenvalue weighted by Crippen LogP contribution is 2.17. The summed E-state index contributed by atoms with van der Waals surface area (Å²) in [6, 6.07) is 15.2. The minimum Gasteiger partial charge on any atom is -0.380 e. The van der Waals surface area contributed by atoms with Crippen molar-refractivity contribution >= 4 is 22.6 Å². The van der Waals surface area contributed by atoms with E-state index in [1.54, 1.807) is 16.2 Å². The minimum atomic E-state index is -0.131. The first-order valence-corrected chi connectivity index (χ1v) is 8.70. The minimum absolute atomic E-state index is 0.0821. The van der Waals surface area contributed by atoms with E-state index in [-0.39, 0.29) is 18.0 Å². The number of methoxy groups -OCH3 is 1. The normalized spacial score (nSPS) is 11.0. The number of carbonyl (C=O) groups is 1. The van der Waals surface area contributed by atoms with Gasteiger partial charge in [0, 0.05) is 37.9 Å². The molecule has 0 radical (unpaired) electrons. The molecule has 0 spiro atoms. The van der Waals surface area contributed by atoms with Crippen LogP contribution in [0.25, 0.3) is 11.0 Å². The van der Waals surface area contributed by atoms with E-state index in [0.29, 0.717) is 19.7 Å². The number of anilines is 1. The number of hydrogen-bond acceptors (Lipinski definition) is 3. The van der Waals surface area contributed by atoms with Crippen molar-refractivity contribution in [3.63, 3.8) is 0 Å². The molecule has 3 aromatic rings. The number of imidazole rings is 1. The highest BCUT2D eigenvalue weighted by molar-refractivity contribution is 5.91. The zero-order valence-corrected chi connectivity index (χ0v) is 15.1. The smallest absolute Gasteiger partial charge is 0.329 e. The lowest BCUT2D eigenvalue weighted by Crippen LogP contribution is -2.25. The first kappa shape index (κ1) is 17.9. The Balaban J connectivity index is 1.76. The number of hydrogen-bond donors (Lipinski definition) is 1. The predicted octanol–water partition coefficient (Wildman–Crippen LogP) is 3.00. The van der Waals surface area contributed by atoms with Gasteiger partial charge < -0.3 is 10.1 Å². The Morgan fingerprint density at radius 2 is 1.69 bits per heavy atom. The van der Waals surface area contributed by atoms with E-state index in [2.05, 4.69) is 5.32 Å². The third kappa shape index (κ3) is 3.55. The number of rotatable bonds is 7. The number of para-hydroxylation sites is 3. The van der Waals surface area contributed by atoms with Gasteiger partial charge >= 0.3 is 5.69 Å². The maximum Gasteiger partial charge on any atom is 0.329 e. The summed E-state index contributed by atoms with van der Waals surface area (Å²) in [5, 5.41) is 2.91. The van der Waals surface area contributed by atoms with E-state index < -0.39 is 0 Å². The molecule has 136 valence electrons. The molecule has 0 aliphatic rings. The van der Waals surface area contributed by atoms with Crippen molar-refractivity contribution in [2.24, 2.45) is 0 Å². The van der Waals surface area contributed by atoms with E-state index in [1.807, 2.05) is 55.5 Å². The van der Waals surface area contributed by atoms with Crippen molar-refractivity contribution in [1.82, 2.24) is 9.13 Å². The van der Waals surface area contributed by atoms with Crippen LogP contribution in [0.3, 0.4) is 0 Å². The van der Waals surface area contributed by atoms with Gasteiger partial charge in [0.1, 0.15) is 0 Å². The molecule has 0 atom stereocenters. The van der Waals surface area contributed by atoms with Gasteiger partial charge in [0.15, 0.2) is 0 Å². The zero-order chi connectivity index (χ0) is 18.5. The second-order valence-corrected chi connectivity index (χ2v) is 6.06. The van der Waals surface area contributed by atoms with Gasteiger partial charge in [0.2, 0.25) is 5.91 Å². The van der Waals surface area contributed by atoms with Crippen LogP contribution in [0.15, 0.2) is 53.3 Å². The highest BCUT2D eigenvalue weighted by atomic mass is 16.5. The molecule has 1 amide bonds. The Labute approximate surface area is 152 Å². The van der Waals surface area contributed by atoms with E-state index >= 15 is 0 Å². The van der Waals surface area contributed by atoms with Gasteiger partial charge in [-0.05, 0) is 25.1 Å². The average molecular weight is 353 g/mol. The summed E-state index contributed by atoms with van der Waals surface area (Å²) in [6.45, 7) is 3.31. The van der Waals surface area contributed by atoms with Crippen LogP contribution in [0.1, 0.15) is 18.9 Å². The standard InChI is InChI=1S/C20H23N3O3/c1-3-22-17-10-6-7-11-18(17)23(20(22)25)13-12-19(24)21-16-9-5-4-8-15(16)14-26-2/h4-11H,3,12-14H2,1-2H3,(H,21,24). The number of nitrogens with one attached hydrogen (secondary N) is 1. The molecule has 26 heavy (non-hydrogen) atoms. The van der Waals surface area contributed by atoms with Gasteiger partial charge in [-0.15, -0.1) is 0 Å². The summed E-state index contributed by atoms with van der Waals surface area (Å²) in [7, 11) is 1.62. The number of ether oxygens (including phenoxy) is 1. The summed E-state index contributed by atoms with van der Waals surface area (Å²) in [5.74, 6) is -0.131. The van der Waals surface area contributed by atoms with Crippen molar-refractivity contribution in [2.75, 3.05) is 12.4 Å². The van der Waals surface area contributed by atoms with Crippen LogP contribution >= 0.6 is 0 Å². The molecule has 1 aromatic heterocycles. The molecule has 0 aliphatic carbocycles. The number of fused-ring (bicyclic) bond motifs is 1. The number of carbonyl (C=O) groups excluding carboxylic acids is 1. The van der Waals surface area contributed by atoms with Crippen LogP contribution in [0.4, 0.5) is 5.69 Å². The molecule has 6 nitrogen and oxygen atoms in total. The fourth-order valence-corrected chi connectivity index (χ4v) is 3.14. The molecule has 2 aromatic carbocycles. The first-order chi connectivity index (χ1) is 12.7. The predicted molar refractivity (Wildman–Crippen MR) is 102 cm³/mol. The second kappa shape index (κ2) is 8.01. The van der Waals surface area contributed by atoms with Gasteiger partial charge in [-0.3, -0.25) is 13.9 Å². The maximum atomic E-state index is 12.6. The molecule has 6 heteroatoms. The molecule has 0 bridgehead atoms. The van der Waals surface area contributed by atoms with Crippen LogP contribution in [-0.4, -0.2) is 22.2 Å². The molecule has 0 saturated heterocycles. The quantitative estimate of drug-likeness (QED) is 0.710. The van der Waals surface area contributed by atoms with E-state index in [1.165, 1.54) is 0 Å². The molecular formula is C20H23N3O3. The van der Waals surface area contributed by atoms with Crippen LogP contribution in [0.5, 0.6) is 0 Å². The summed E-state index contributed by atoms with van der Waals surface area (Å²) in [5.41, 5.74) is 3.32. The Morgan fingerprint density at radius 1 is 1.04 bits per heavy atom. The van der Waals surface area contributed by atoms with Crippen molar-refractivity contribution < 1.29 is 9.53 Å². The maximum absolute atomic E-state index is 12.6. The Kier molecular flexibility index (Phi) is 5.53. The van der Waals surface area contributed by atoms with E-state index in [4.69, 9.17) is 4.74 Å². The molecule has 1 heterocycles. The molecule has 1 N–H and O–H groups in total. The molecule has 0 fully saturated rings. The van der Waals surface area contributed by atoms with Gasteiger partial charge in [-0.25, -0.2) is 4.79 Å². The Bertz CT molecular complexity index is 972. The largest absolute Gasteiger partial charge is 0.380 e. The van der Waals surface area contributed by atoms with Crippen molar-refractivity contribution in [3.8, 4) is 0 Å². The van der Waals surface area contributed by atoms with Crippen LogP contribution in [-0.2, 0) is 29.2 Å². The fourth-order valence-electron chi connectivity index (χ4n) is 3.14. The molecule has 3 rings (SSSR count). The van der Waals surface area contributed by atoms with E-state index in [9.17, 15) is 9.59 Å². The number of amides is 1. The van der Waals surface area contributed by atoms with Crippen molar-refractivity contribution in [1.29, 1.82) is 0 Å². The Hall–Kier alpha value is -2.86. The zero-order valence-electron chi connectivity index (χ0n) is 15.1. The number of benzene rings is 2. The van der Waals surface area contributed by atoms with Gasteiger partial charge in [-0.1, -0.05) is 30.3 Å². The van der Waals surface area contributed by atoms with Crippen molar-refractivity contribution in [3.05, 3.63) is 64.6 Å². The van der Waals surface area contributed by atoms with E-state index in [0.717, 1.165) is 22.3 Å². The molecule has 0 aliphatic heterocycles. The number of aryl methyl sites for hydroxylation is 2. The van der Waals surface area contributed by atoms with Gasteiger partial charge in [-0.2, -0.15) is 0 Å². The molecule has 0 unspecified atom stereocenters. The lowest BCUT2D eigenvalue weighted by atomic mass is 10.2. The number of nitrogens with zero attached hydrogens (tertiary/aromatic N) is 2. The lowest BCUT2D eigenvalue weighted by Gasteiger charge is -2.10. The van der Waals surface area contributed by atoms with Crippen LogP contribution in [0.2, 0.25) is 0 Å². The Morgan fingerprint density at radius 3 is 2.38 bits per heavy atom. The SMILES string of the molecule is CCn1c(=O)n(CCC(=O)Nc2ccccc2COC)c2ccccc21. The van der Waals surface area contributed by atoms with Gasteiger partial charge in [0.05, 0.1) is 17.6 Å². The fraction of sp³-hybridized carbons (Fsp3) is 0.300. The first-order valence-electron chi connectivity index (χ1n) is 8.70. The molecule has 0 saturated carbocycles. The third-order valence-electron chi connectivity index (χ3n) is 4.40. The third-order valence-corrected chi connectivity index (χ3v) is 4.40. The molecular weight excluding hydrogens is 330 g/mol. The average Bonchev–Trinajstić information content (AvgIpc) is 2.92. The van der Waals surface area contributed by atoms with Crippen LogP contribution < -0.4 is 11.0 Å². The topological polar surface area (TPSA) is 65.3 Å². The summed E-state index contributed by atoms with van der Waals surface area (Å²) in [6.07, 6.45) is 0.221. The van der Waals surface area contributed by atoms with Crippen molar-refractivity contribution in [2.45, 2.75) is 33.0 Å². The highest BCUT2D eigenvalue weighted by Gasteiger charge is 2.13. The lowest BCUT2D eigenvalue weighted by molar-refractivity contribution is -0.116. The van der Waals surface area contributed by atoms with Crippen LogP contribution in [0, 0.1) is 0 Å². The summed E-state index contributed by atoms with van der Waals surface area (Å²) in [4.78, 5) is 25.0. The monoisotopic (exact) mass is 353 g/mol. The summed E-state index contributed by atoms with van der Waals surface area (Å²) < 4.78 is 8.55. The second-order valence-electron chi connectivity index (χ2n) is 6.06.